The van der Waals surface area contributed by atoms with Crippen molar-refractivity contribution in [3.05, 3.63) is 30.3 Å². The number of hydrogen-bond donors (Lipinski definition) is 0. The summed E-state index contributed by atoms with van der Waals surface area (Å²) in [5.74, 6) is -1.43. The molecule has 10 atom stereocenters. The highest BCUT2D eigenvalue weighted by Gasteiger charge is 2.50. The van der Waals surface area contributed by atoms with Gasteiger partial charge in [0, 0.05) is 17.8 Å². The topological polar surface area (TPSA) is 158 Å². The highest BCUT2D eigenvalue weighted by molar-refractivity contribution is 7.91. The quantitative estimate of drug-likeness (QED) is 0.155. The van der Waals surface area contributed by atoms with Crippen LogP contribution in [0.1, 0.15) is 81.1 Å². The van der Waals surface area contributed by atoms with Crippen LogP contribution in [0.5, 0.6) is 0 Å². The number of methoxy groups -OCH3 is 1. The van der Waals surface area contributed by atoms with Gasteiger partial charge in [0.05, 0.1) is 42.8 Å². The Hall–Kier alpha value is -2.88. The van der Waals surface area contributed by atoms with E-state index in [0.29, 0.717) is 12.1 Å². The number of carbonyl (C=O) groups excluding carboxylic acids is 2. The first-order valence-corrected chi connectivity index (χ1v) is 22.7. The van der Waals surface area contributed by atoms with Gasteiger partial charge in [0.2, 0.25) is 9.84 Å². The van der Waals surface area contributed by atoms with Crippen molar-refractivity contribution in [3.63, 3.8) is 0 Å². The number of tetrazole rings is 1. The normalized spacial score (nSPS) is 27.1. The van der Waals surface area contributed by atoms with Gasteiger partial charge in [-0.1, -0.05) is 71.8 Å². The molecule has 0 aliphatic carbocycles. The third-order valence-corrected chi connectivity index (χ3v) is 17.6. The first-order chi connectivity index (χ1) is 23.8. The summed E-state index contributed by atoms with van der Waals surface area (Å²) in [4.78, 5) is 25.4. The first-order valence-electron chi connectivity index (χ1n) is 18.1. The molecule has 2 aromatic rings. The van der Waals surface area contributed by atoms with E-state index in [-0.39, 0.29) is 64.2 Å². The molecule has 0 N–H and O–H groups in total. The second kappa shape index (κ2) is 16.4. The van der Waals surface area contributed by atoms with Crippen molar-refractivity contribution in [1.82, 2.24) is 20.2 Å². The van der Waals surface area contributed by atoms with E-state index < -0.39 is 48.5 Å². The fraction of sp³-hybridized carbons (Fsp3) is 0.750. The number of rotatable bonds is 14. The molecule has 0 bridgehead atoms. The smallest absolute Gasteiger partial charge is 0.469 e. The van der Waals surface area contributed by atoms with Gasteiger partial charge in [-0.25, -0.2) is 13.2 Å². The fourth-order valence-electron chi connectivity index (χ4n) is 7.22. The number of hydrogen-bond acceptors (Lipinski definition) is 12. The van der Waals surface area contributed by atoms with Crippen LogP contribution in [0.3, 0.4) is 0 Å². The number of aromatic nitrogens is 4. The maximum atomic E-state index is 13.6. The number of esters is 1. The lowest BCUT2D eigenvalue weighted by molar-refractivity contribution is -0.186. The lowest BCUT2D eigenvalue weighted by atomic mass is 9.75. The zero-order chi connectivity index (χ0) is 37.9. The third-order valence-electron chi connectivity index (χ3n) is 11.4. The van der Waals surface area contributed by atoms with Crippen LogP contribution in [0, 0.1) is 29.6 Å². The van der Waals surface area contributed by atoms with Gasteiger partial charge in [0.25, 0.3) is 5.16 Å². The number of ether oxygens (including phenoxy) is 4. The Bertz CT molecular complexity index is 1580. The Labute approximate surface area is 304 Å². The Morgan fingerprint density at radius 3 is 2.31 bits per heavy atom. The summed E-state index contributed by atoms with van der Waals surface area (Å²) in [6, 6.07) is 8.90. The van der Waals surface area contributed by atoms with E-state index in [1.807, 2.05) is 33.8 Å². The molecule has 1 aromatic heterocycles. The highest BCUT2D eigenvalue weighted by Crippen LogP contribution is 2.43. The molecular weight excluding hydrogens is 693 g/mol. The summed E-state index contributed by atoms with van der Waals surface area (Å²) in [5, 5.41) is 11.1. The van der Waals surface area contributed by atoms with Crippen LogP contribution >= 0.6 is 0 Å². The standard InChI is InChI=1S/C36H58N4O9SSi/c1-22-19-20-28(24(3)33(41)45-9)46-30(22)25(4)32-26(5)31(47-35(42)48-32)23(2)29(49-51(10,11)36(6,7)8)18-15-21-50(43,44)34-37-38-39-40(34)27-16-13-12-14-17-27/h12-14,16-17,22-26,28-32H,15,18-21H2,1-11H3/t22-,23-,24-,25+,26-,28-,29+,30-,31-,32+/m0/s1. The largest absolute Gasteiger partial charge is 0.508 e. The van der Waals surface area contributed by atoms with E-state index in [0.717, 1.165) is 12.8 Å². The molecule has 4 rings (SSSR count). The minimum Gasteiger partial charge on any atom is -0.469 e. The first kappa shape index (κ1) is 40.9. The molecule has 0 saturated carbocycles. The summed E-state index contributed by atoms with van der Waals surface area (Å²) in [6.07, 6.45) is -0.448. The molecular formula is C36H58N4O9SSi. The SMILES string of the molecule is COC(=O)[C@@H](C)[C@@H]1CC[C@H](C)[C@@H]([C@@H](C)[C@H]2OC(=O)O[C@@H]([C@@H](C)[C@@H](CCCS(=O)(=O)c3nnnn3-c3ccccc3)O[Si](C)(C)C(C)(C)C)[C@@H]2C)O1. The van der Waals surface area contributed by atoms with Crippen molar-refractivity contribution in [1.29, 1.82) is 0 Å². The van der Waals surface area contributed by atoms with Crippen molar-refractivity contribution in [2.45, 2.75) is 135 Å². The molecule has 0 radical (unpaired) electrons. The number of para-hydroxylation sites is 1. The van der Waals surface area contributed by atoms with Gasteiger partial charge >= 0.3 is 12.1 Å². The van der Waals surface area contributed by atoms with Gasteiger partial charge in [-0.15, -0.1) is 0 Å². The van der Waals surface area contributed by atoms with E-state index in [1.165, 1.54) is 11.8 Å². The lowest BCUT2D eigenvalue weighted by Crippen LogP contribution is -2.55. The molecule has 51 heavy (non-hydrogen) atoms. The second-order valence-corrected chi connectivity index (χ2v) is 22.8. The zero-order valence-corrected chi connectivity index (χ0v) is 33.9. The Morgan fingerprint density at radius 2 is 1.69 bits per heavy atom. The molecule has 1 aromatic carbocycles. The number of nitrogens with zero attached hydrogens (tertiary/aromatic N) is 4. The maximum Gasteiger partial charge on any atom is 0.508 e. The monoisotopic (exact) mass is 750 g/mol. The van der Waals surface area contributed by atoms with Gasteiger partial charge < -0.3 is 23.4 Å². The fourth-order valence-corrected chi connectivity index (χ4v) is 9.96. The van der Waals surface area contributed by atoms with E-state index in [4.69, 9.17) is 23.4 Å². The van der Waals surface area contributed by atoms with E-state index >= 15 is 0 Å². The van der Waals surface area contributed by atoms with Crippen LogP contribution in [0.15, 0.2) is 35.5 Å². The van der Waals surface area contributed by atoms with Crippen LogP contribution in [0.4, 0.5) is 4.79 Å². The maximum absolute atomic E-state index is 13.6. The van der Waals surface area contributed by atoms with Crippen LogP contribution in [-0.2, 0) is 38.0 Å². The Balaban J connectivity index is 1.54. The van der Waals surface area contributed by atoms with Crippen molar-refractivity contribution < 1.29 is 41.4 Å². The predicted molar refractivity (Wildman–Crippen MR) is 193 cm³/mol. The van der Waals surface area contributed by atoms with Crippen LogP contribution in [-0.4, -0.2) is 92.4 Å². The van der Waals surface area contributed by atoms with Crippen molar-refractivity contribution in [3.8, 4) is 5.69 Å². The highest BCUT2D eigenvalue weighted by atomic mass is 32.2. The van der Waals surface area contributed by atoms with Crippen LogP contribution in [0.25, 0.3) is 5.69 Å². The third kappa shape index (κ3) is 9.38. The summed E-state index contributed by atoms with van der Waals surface area (Å²) < 4.78 is 58.8. The summed E-state index contributed by atoms with van der Waals surface area (Å²) in [6.45, 7) is 20.8. The van der Waals surface area contributed by atoms with Gasteiger partial charge in [0.15, 0.2) is 8.32 Å². The number of benzene rings is 1. The second-order valence-electron chi connectivity index (χ2n) is 16.1. The van der Waals surface area contributed by atoms with Gasteiger partial charge in [-0.3, -0.25) is 4.79 Å². The average molecular weight is 751 g/mol. The molecule has 286 valence electrons. The van der Waals surface area contributed by atoms with Crippen LogP contribution < -0.4 is 0 Å². The molecule has 2 fully saturated rings. The van der Waals surface area contributed by atoms with Crippen LogP contribution in [0.2, 0.25) is 18.1 Å². The molecule has 2 aliphatic rings. The minimum atomic E-state index is -3.85. The summed E-state index contributed by atoms with van der Waals surface area (Å²) in [7, 11) is -4.83. The molecule has 13 nitrogen and oxygen atoms in total. The molecule has 15 heteroatoms. The Morgan fingerprint density at radius 1 is 1.04 bits per heavy atom. The van der Waals surface area contributed by atoms with Crippen molar-refractivity contribution >= 4 is 30.3 Å². The molecule has 3 heterocycles. The Kier molecular flexibility index (Phi) is 13.2. The van der Waals surface area contributed by atoms with Gasteiger partial charge in [0.1, 0.15) is 12.2 Å². The lowest BCUT2D eigenvalue weighted by Gasteiger charge is -2.47. The van der Waals surface area contributed by atoms with Gasteiger partial charge in [-0.2, -0.15) is 4.68 Å². The van der Waals surface area contributed by atoms with Crippen molar-refractivity contribution in [2.24, 2.45) is 29.6 Å². The summed E-state index contributed by atoms with van der Waals surface area (Å²) in [5.41, 5.74) is 0.550. The summed E-state index contributed by atoms with van der Waals surface area (Å²) >= 11 is 0. The minimum absolute atomic E-state index is 0.115. The van der Waals surface area contributed by atoms with Crippen molar-refractivity contribution in [2.75, 3.05) is 12.9 Å². The van der Waals surface area contributed by atoms with E-state index in [9.17, 15) is 18.0 Å². The molecule has 2 saturated heterocycles. The van der Waals surface area contributed by atoms with E-state index in [1.54, 1.807) is 24.3 Å². The predicted octanol–water partition coefficient (Wildman–Crippen LogP) is 6.41. The molecule has 2 aliphatic heterocycles. The number of sulfone groups is 1. The van der Waals surface area contributed by atoms with Gasteiger partial charge in [-0.05, 0) is 79.2 Å². The number of cyclic esters (lactones) is 2. The zero-order valence-electron chi connectivity index (χ0n) is 32.1. The molecule has 0 spiro atoms. The average Bonchev–Trinajstić information content (AvgIpc) is 3.59. The molecule has 0 unspecified atom stereocenters. The molecule has 0 amide bonds. The van der Waals surface area contributed by atoms with E-state index in [2.05, 4.69) is 56.3 Å². The number of carbonyl (C=O) groups is 2.